The highest BCUT2D eigenvalue weighted by atomic mass is 28.3. The molecule has 0 spiro atoms. The van der Waals surface area contributed by atoms with E-state index in [1.807, 2.05) is 6.92 Å². The summed E-state index contributed by atoms with van der Waals surface area (Å²) in [6.07, 6.45) is 0.890. The predicted octanol–water partition coefficient (Wildman–Crippen LogP) is 4.28. The molecule has 0 unspecified atom stereocenters. The zero-order valence-electron chi connectivity index (χ0n) is 15.3. The van der Waals surface area contributed by atoms with Gasteiger partial charge in [-0.05, 0) is 34.5 Å². The van der Waals surface area contributed by atoms with Crippen LogP contribution in [0.25, 0.3) is 0 Å². The molecule has 0 aliphatic rings. The Kier molecular flexibility index (Phi) is 5.43. The van der Waals surface area contributed by atoms with Gasteiger partial charge in [0, 0.05) is 5.57 Å². The second-order valence-corrected chi connectivity index (χ2v) is 12.2. The first kappa shape index (κ1) is 18.2. The molecule has 2 aromatic rings. The van der Waals surface area contributed by atoms with Crippen LogP contribution >= 0.6 is 0 Å². The first-order valence-corrected chi connectivity index (χ1v) is 10.3. The number of allylic oxidation sites excluding steroid dienone is 1. The van der Waals surface area contributed by atoms with E-state index < -0.39 is 8.07 Å². The van der Waals surface area contributed by atoms with E-state index in [1.54, 1.807) is 0 Å². The van der Waals surface area contributed by atoms with E-state index in [4.69, 9.17) is 0 Å². The SMILES string of the molecule is CC(=C=C(C)[Si](c1ccccc1)(c1ccccc1)C(C)(C)C)C=O. The fraction of sp³-hybridized carbons (Fsp3) is 0.273. The van der Waals surface area contributed by atoms with Crippen molar-refractivity contribution in [2.24, 2.45) is 0 Å². The van der Waals surface area contributed by atoms with Gasteiger partial charge >= 0.3 is 0 Å². The van der Waals surface area contributed by atoms with Gasteiger partial charge in [0.15, 0.2) is 14.4 Å². The van der Waals surface area contributed by atoms with Gasteiger partial charge in [-0.2, -0.15) is 0 Å². The van der Waals surface area contributed by atoms with Gasteiger partial charge in [-0.15, -0.1) is 5.73 Å². The van der Waals surface area contributed by atoms with Gasteiger partial charge in [0.05, 0.1) is 0 Å². The first-order valence-electron chi connectivity index (χ1n) is 8.35. The van der Waals surface area contributed by atoms with E-state index in [0.717, 1.165) is 6.29 Å². The average Bonchev–Trinajstić information content (AvgIpc) is 2.56. The third kappa shape index (κ3) is 3.21. The Morgan fingerprint density at radius 2 is 1.29 bits per heavy atom. The number of rotatable bonds is 4. The molecule has 0 saturated heterocycles. The van der Waals surface area contributed by atoms with Gasteiger partial charge in [0.2, 0.25) is 0 Å². The van der Waals surface area contributed by atoms with Crippen LogP contribution in [-0.4, -0.2) is 14.4 Å². The van der Waals surface area contributed by atoms with Crippen LogP contribution in [0.5, 0.6) is 0 Å². The summed E-state index contributed by atoms with van der Waals surface area (Å²) in [7, 11) is -2.31. The highest BCUT2D eigenvalue weighted by Gasteiger charge is 2.49. The summed E-state index contributed by atoms with van der Waals surface area (Å²) in [5, 5.41) is 3.94. The van der Waals surface area contributed by atoms with E-state index in [1.165, 1.54) is 15.6 Å². The van der Waals surface area contributed by atoms with Crippen LogP contribution < -0.4 is 10.4 Å². The Bertz CT molecular complexity index is 721. The fourth-order valence-corrected chi connectivity index (χ4v) is 9.65. The van der Waals surface area contributed by atoms with Crippen molar-refractivity contribution in [1.82, 2.24) is 0 Å². The highest BCUT2D eigenvalue weighted by molar-refractivity contribution is 7.09. The summed E-state index contributed by atoms with van der Waals surface area (Å²) < 4.78 is 0. The third-order valence-corrected chi connectivity index (χ3v) is 10.6. The lowest BCUT2D eigenvalue weighted by atomic mass is 10.2. The lowest BCUT2D eigenvalue weighted by molar-refractivity contribution is -0.104. The van der Waals surface area contributed by atoms with Gasteiger partial charge in [-0.1, -0.05) is 81.4 Å². The molecule has 24 heavy (non-hydrogen) atoms. The molecule has 0 aliphatic heterocycles. The highest BCUT2D eigenvalue weighted by Crippen LogP contribution is 2.40. The van der Waals surface area contributed by atoms with Gasteiger partial charge in [0.1, 0.15) is 0 Å². The molecular weight excluding hydrogens is 308 g/mol. The number of carbonyl (C=O) groups excluding carboxylic acids is 1. The lowest BCUT2D eigenvalue weighted by Crippen LogP contribution is -2.65. The maximum atomic E-state index is 11.2. The van der Waals surface area contributed by atoms with Crippen molar-refractivity contribution in [1.29, 1.82) is 0 Å². The smallest absolute Gasteiger partial charge is 0.157 e. The zero-order chi connectivity index (χ0) is 17.8. The molecule has 0 saturated carbocycles. The molecule has 0 radical (unpaired) electrons. The lowest BCUT2D eigenvalue weighted by Gasteiger charge is -2.44. The monoisotopic (exact) mass is 334 g/mol. The van der Waals surface area contributed by atoms with Crippen molar-refractivity contribution in [3.05, 3.63) is 77.2 Å². The molecular formula is C22H26OSi. The largest absolute Gasteiger partial charge is 0.298 e. The van der Waals surface area contributed by atoms with E-state index in [-0.39, 0.29) is 5.04 Å². The molecule has 0 aromatic heterocycles. The Balaban J connectivity index is 2.97. The second kappa shape index (κ2) is 7.17. The molecule has 1 nitrogen and oxygen atoms in total. The molecule has 2 heteroatoms. The molecule has 0 atom stereocenters. The fourth-order valence-electron chi connectivity index (χ4n) is 3.82. The molecule has 2 aromatic carbocycles. The third-order valence-electron chi connectivity index (χ3n) is 4.66. The minimum absolute atomic E-state index is 0.0377. The maximum Gasteiger partial charge on any atom is 0.157 e. The van der Waals surface area contributed by atoms with Crippen molar-refractivity contribution < 1.29 is 4.79 Å². The van der Waals surface area contributed by atoms with Crippen molar-refractivity contribution in [2.75, 3.05) is 0 Å². The molecule has 0 heterocycles. The Morgan fingerprint density at radius 3 is 1.62 bits per heavy atom. The number of hydrogen-bond acceptors (Lipinski definition) is 1. The Labute approximate surface area is 146 Å². The van der Waals surface area contributed by atoms with E-state index in [2.05, 4.69) is 94.1 Å². The van der Waals surface area contributed by atoms with Crippen LogP contribution in [0.4, 0.5) is 0 Å². The minimum atomic E-state index is -2.31. The van der Waals surface area contributed by atoms with E-state index in [9.17, 15) is 4.79 Å². The van der Waals surface area contributed by atoms with Crippen LogP contribution in [0, 0.1) is 0 Å². The maximum absolute atomic E-state index is 11.2. The molecule has 0 N–H and O–H groups in total. The van der Waals surface area contributed by atoms with Gasteiger partial charge in [0.25, 0.3) is 0 Å². The quantitative estimate of drug-likeness (QED) is 0.353. The minimum Gasteiger partial charge on any atom is -0.298 e. The Hall–Kier alpha value is -2.15. The molecule has 0 bridgehead atoms. The first-order chi connectivity index (χ1) is 11.3. The molecule has 0 fully saturated rings. The van der Waals surface area contributed by atoms with E-state index >= 15 is 0 Å². The van der Waals surface area contributed by atoms with Gasteiger partial charge < -0.3 is 0 Å². The second-order valence-electron chi connectivity index (χ2n) is 7.28. The molecule has 124 valence electrons. The van der Waals surface area contributed by atoms with E-state index in [0.29, 0.717) is 5.57 Å². The van der Waals surface area contributed by atoms with Crippen molar-refractivity contribution in [3.63, 3.8) is 0 Å². The number of aldehydes is 1. The molecule has 0 amide bonds. The van der Waals surface area contributed by atoms with Gasteiger partial charge in [-0.25, -0.2) is 0 Å². The average molecular weight is 335 g/mol. The summed E-state index contributed by atoms with van der Waals surface area (Å²) in [5.74, 6) is 0. The number of benzene rings is 2. The zero-order valence-corrected chi connectivity index (χ0v) is 16.3. The normalized spacial score (nSPS) is 11.5. The predicted molar refractivity (Wildman–Crippen MR) is 106 cm³/mol. The summed E-state index contributed by atoms with van der Waals surface area (Å²) in [6, 6.07) is 21.5. The summed E-state index contributed by atoms with van der Waals surface area (Å²) >= 11 is 0. The van der Waals surface area contributed by atoms with Crippen LogP contribution in [0.15, 0.2) is 77.2 Å². The molecule has 2 rings (SSSR count). The number of carbonyl (C=O) groups is 1. The van der Waals surface area contributed by atoms with Crippen molar-refractivity contribution in [3.8, 4) is 0 Å². The van der Waals surface area contributed by atoms with Crippen LogP contribution in [0.2, 0.25) is 5.04 Å². The Morgan fingerprint density at radius 1 is 0.875 bits per heavy atom. The van der Waals surface area contributed by atoms with Crippen LogP contribution in [-0.2, 0) is 4.79 Å². The van der Waals surface area contributed by atoms with Crippen molar-refractivity contribution in [2.45, 2.75) is 39.7 Å². The van der Waals surface area contributed by atoms with Crippen molar-refractivity contribution >= 4 is 24.7 Å². The summed E-state index contributed by atoms with van der Waals surface area (Å²) in [5.41, 5.74) is 4.05. The standard InChI is InChI=1S/C22H26OSi/c1-18(17-23)16-19(2)24(22(3,4)5,20-12-8-6-9-13-20)21-14-10-7-11-15-21/h6-15,17H,1-5H3. The summed E-state index contributed by atoms with van der Waals surface area (Å²) in [6.45, 7) is 10.9. The number of hydrogen-bond donors (Lipinski definition) is 0. The van der Waals surface area contributed by atoms with Crippen LogP contribution in [0.3, 0.4) is 0 Å². The van der Waals surface area contributed by atoms with Gasteiger partial charge in [-0.3, -0.25) is 4.79 Å². The molecule has 0 aliphatic carbocycles. The summed E-state index contributed by atoms with van der Waals surface area (Å²) in [4.78, 5) is 11.2. The van der Waals surface area contributed by atoms with Crippen LogP contribution in [0.1, 0.15) is 34.6 Å². The topological polar surface area (TPSA) is 17.1 Å².